The molecule has 2 aromatic carbocycles. The molecule has 1 aliphatic carbocycles. The van der Waals surface area contributed by atoms with E-state index in [0.717, 1.165) is 82.0 Å². The van der Waals surface area contributed by atoms with Crippen molar-refractivity contribution in [2.75, 3.05) is 44.8 Å². The molecule has 7 heteroatoms. The van der Waals surface area contributed by atoms with Gasteiger partial charge in [0.15, 0.2) is 0 Å². The maximum atomic E-state index is 13.4. The van der Waals surface area contributed by atoms with Gasteiger partial charge in [-0.05, 0) is 61.2 Å². The quantitative estimate of drug-likeness (QED) is 0.507. The molecule has 2 aliphatic rings. The fourth-order valence-corrected chi connectivity index (χ4v) is 5.25. The molecule has 2 fully saturated rings. The summed E-state index contributed by atoms with van der Waals surface area (Å²) in [6, 6.07) is 13.0. The molecule has 1 saturated heterocycles. The molecule has 32 heavy (non-hydrogen) atoms. The van der Waals surface area contributed by atoms with E-state index in [1.807, 2.05) is 30.3 Å². The number of hydrogen-bond donors (Lipinski definition) is 1. The lowest BCUT2D eigenvalue weighted by Crippen LogP contribution is -2.38. The molecule has 1 heterocycles. The first kappa shape index (κ1) is 23.4. The van der Waals surface area contributed by atoms with Crippen molar-refractivity contribution in [1.82, 2.24) is 4.90 Å². The van der Waals surface area contributed by atoms with Crippen molar-refractivity contribution in [2.45, 2.75) is 37.5 Å². The van der Waals surface area contributed by atoms with Crippen molar-refractivity contribution in [1.29, 1.82) is 0 Å². The van der Waals surface area contributed by atoms with E-state index in [1.54, 1.807) is 12.1 Å². The number of amides is 1. The number of halogens is 2. The summed E-state index contributed by atoms with van der Waals surface area (Å²) in [7, 11) is 0. The molecule has 1 saturated carbocycles. The lowest BCUT2D eigenvalue weighted by atomic mass is 9.78. The summed E-state index contributed by atoms with van der Waals surface area (Å²) in [6.07, 6.45) is 4.55. The number of nitrogens with one attached hydrogen (secondary N) is 1. The summed E-state index contributed by atoms with van der Waals surface area (Å²) in [5.74, 6) is 0.791. The van der Waals surface area contributed by atoms with E-state index in [9.17, 15) is 4.79 Å². The Morgan fingerprint density at radius 1 is 1.06 bits per heavy atom. The highest BCUT2D eigenvalue weighted by molar-refractivity contribution is 6.35. The van der Waals surface area contributed by atoms with E-state index in [1.165, 1.54) is 0 Å². The van der Waals surface area contributed by atoms with Gasteiger partial charge in [0.1, 0.15) is 5.75 Å². The monoisotopic (exact) mass is 476 g/mol. The number of anilines is 1. The van der Waals surface area contributed by atoms with Crippen LogP contribution in [0.4, 0.5) is 5.69 Å². The van der Waals surface area contributed by atoms with Gasteiger partial charge >= 0.3 is 0 Å². The van der Waals surface area contributed by atoms with E-state index in [0.29, 0.717) is 16.7 Å². The Balaban J connectivity index is 1.33. The van der Waals surface area contributed by atoms with Crippen LogP contribution in [0.5, 0.6) is 5.75 Å². The van der Waals surface area contributed by atoms with E-state index in [-0.39, 0.29) is 5.91 Å². The van der Waals surface area contributed by atoms with Gasteiger partial charge in [0, 0.05) is 35.4 Å². The first-order valence-electron chi connectivity index (χ1n) is 11.4. The van der Waals surface area contributed by atoms with Crippen molar-refractivity contribution in [3.05, 3.63) is 58.1 Å². The molecule has 0 bridgehead atoms. The van der Waals surface area contributed by atoms with Crippen LogP contribution in [0.25, 0.3) is 0 Å². The highest BCUT2D eigenvalue weighted by Crippen LogP contribution is 2.45. The Labute approximate surface area is 200 Å². The van der Waals surface area contributed by atoms with Crippen LogP contribution in [0.3, 0.4) is 0 Å². The van der Waals surface area contributed by atoms with Gasteiger partial charge in [0.25, 0.3) is 0 Å². The molecule has 1 N–H and O–H groups in total. The highest BCUT2D eigenvalue weighted by atomic mass is 35.5. The first-order valence-corrected chi connectivity index (χ1v) is 12.1. The number of nitrogens with zero attached hydrogens (tertiary/aromatic N) is 1. The number of carbonyl (C=O) groups is 1. The smallest absolute Gasteiger partial charge is 0.235 e. The Hall–Kier alpha value is -1.79. The summed E-state index contributed by atoms with van der Waals surface area (Å²) in [6.45, 7) is 5.32. The van der Waals surface area contributed by atoms with Crippen molar-refractivity contribution >= 4 is 34.8 Å². The second-order valence-electron chi connectivity index (χ2n) is 8.55. The second-order valence-corrected chi connectivity index (χ2v) is 9.39. The predicted molar refractivity (Wildman–Crippen MR) is 129 cm³/mol. The van der Waals surface area contributed by atoms with Gasteiger partial charge in [-0.25, -0.2) is 0 Å². The van der Waals surface area contributed by atoms with Crippen molar-refractivity contribution in [2.24, 2.45) is 0 Å². The van der Waals surface area contributed by atoms with Crippen LogP contribution < -0.4 is 10.1 Å². The van der Waals surface area contributed by atoms with Crippen molar-refractivity contribution in [3.8, 4) is 5.75 Å². The topological polar surface area (TPSA) is 50.8 Å². The summed E-state index contributed by atoms with van der Waals surface area (Å²) in [4.78, 5) is 15.8. The Kier molecular flexibility index (Phi) is 7.95. The molecule has 0 spiro atoms. The molecule has 0 aromatic heterocycles. The molecule has 1 aliphatic heterocycles. The number of rotatable bonds is 8. The van der Waals surface area contributed by atoms with Gasteiger partial charge < -0.3 is 14.8 Å². The van der Waals surface area contributed by atoms with Crippen LogP contribution in [0.15, 0.2) is 42.5 Å². The Bertz CT molecular complexity index is 908. The van der Waals surface area contributed by atoms with Gasteiger partial charge in [0.05, 0.1) is 25.2 Å². The second kappa shape index (κ2) is 10.9. The third-order valence-electron chi connectivity index (χ3n) is 6.44. The summed E-state index contributed by atoms with van der Waals surface area (Å²) in [5, 5.41) is 4.23. The molecule has 172 valence electrons. The van der Waals surface area contributed by atoms with Crippen LogP contribution >= 0.6 is 23.2 Å². The van der Waals surface area contributed by atoms with Crippen molar-refractivity contribution in [3.63, 3.8) is 0 Å². The minimum absolute atomic E-state index is 0.0154. The summed E-state index contributed by atoms with van der Waals surface area (Å²) >= 11 is 12.6. The molecule has 4 rings (SSSR count). The molecule has 2 aromatic rings. The number of benzene rings is 2. The third kappa shape index (κ3) is 5.57. The summed E-state index contributed by atoms with van der Waals surface area (Å²) < 4.78 is 11.2. The standard InChI is InChI=1S/C25H30Cl2N2O3/c26-19-4-9-22(23(27)18-19)25(10-1-2-11-25)24(30)28-20-5-7-21(8-6-20)32-15-3-12-29-13-16-31-17-14-29/h4-9,18H,1-3,10-17H2,(H,28,30). The zero-order chi connectivity index (χ0) is 22.4. The van der Waals surface area contributed by atoms with Gasteiger partial charge in [-0.2, -0.15) is 0 Å². The largest absolute Gasteiger partial charge is 0.494 e. The molecule has 5 nitrogen and oxygen atoms in total. The zero-order valence-corrected chi connectivity index (χ0v) is 19.8. The van der Waals surface area contributed by atoms with Gasteiger partial charge in [0.2, 0.25) is 5.91 Å². The van der Waals surface area contributed by atoms with Crippen LogP contribution in [0.2, 0.25) is 10.0 Å². The molecule has 0 unspecified atom stereocenters. The maximum absolute atomic E-state index is 13.4. The van der Waals surface area contributed by atoms with Gasteiger partial charge in [-0.15, -0.1) is 0 Å². The number of ether oxygens (including phenoxy) is 2. The fourth-order valence-electron chi connectivity index (χ4n) is 4.66. The fraction of sp³-hybridized carbons (Fsp3) is 0.480. The minimum Gasteiger partial charge on any atom is -0.494 e. The maximum Gasteiger partial charge on any atom is 0.235 e. The minimum atomic E-state index is -0.615. The average Bonchev–Trinajstić information content (AvgIpc) is 3.29. The SMILES string of the molecule is O=C(Nc1ccc(OCCCN2CCOCC2)cc1)C1(c2ccc(Cl)cc2Cl)CCCC1. The zero-order valence-electron chi connectivity index (χ0n) is 18.2. The highest BCUT2D eigenvalue weighted by Gasteiger charge is 2.44. The van der Waals surface area contributed by atoms with E-state index < -0.39 is 5.41 Å². The molecule has 0 atom stereocenters. The molecular weight excluding hydrogens is 447 g/mol. The number of morpholine rings is 1. The van der Waals surface area contributed by atoms with Gasteiger partial charge in [-0.3, -0.25) is 9.69 Å². The van der Waals surface area contributed by atoms with Crippen molar-refractivity contribution < 1.29 is 14.3 Å². The molecule has 0 radical (unpaired) electrons. The molecule has 1 amide bonds. The lowest BCUT2D eigenvalue weighted by molar-refractivity contribution is -0.121. The summed E-state index contributed by atoms with van der Waals surface area (Å²) in [5.41, 5.74) is 1.00. The number of hydrogen-bond acceptors (Lipinski definition) is 4. The van der Waals surface area contributed by atoms with Crippen LogP contribution in [-0.2, 0) is 14.9 Å². The molecular formula is C25H30Cl2N2O3. The van der Waals surface area contributed by atoms with E-state index in [2.05, 4.69) is 10.2 Å². The third-order valence-corrected chi connectivity index (χ3v) is 6.99. The predicted octanol–water partition coefficient (Wildman–Crippen LogP) is 5.55. The van der Waals surface area contributed by atoms with Gasteiger partial charge in [-0.1, -0.05) is 42.1 Å². The van der Waals surface area contributed by atoms with E-state index in [4.69, 9.17) is 32.7 Å². The normalized spacial score (nSPS) is 18.4. The lowest BCUT2D eigenvalue weighted by Gasteiger charge is -2.29. The van der Waals surface area contributed by atoms with Crippen LogP contribution in [0.1, 0.15) is 37.7 Å². The Morgan fingerprint density at radius 2 is 1.78 bits per heavy atom. The van der Waals surface area contributed by atoms with Crippen LogP contribution in [0, 0.1) is 0 Å². The average molecular weight is 477 g/mol. The Morgan fingerprint density at radius 3 is 2.47 bits per heavy atom. The first-order chi connectivity index (χ1) is 15.6. The van der Waals surface area contributed by atoms with Crippen LogP contribution in [-0.4, -0.2) is 50.3 Å². The van der Waals surface area contributed by atoms with E-state index >= 15 is 0 Å². The number of carbonyl (C=O) groups excluding carboxylic acids is 1.